The fraction of sp³-hybridized carbons (Fsp3) is 0.357. The first-order valence-corrected chi connectivity index (χ1v) is 6.84. The van der Waals surface area contributed by atoms with Gasteiger partial charge in [-0.2, -0.15) is 4.98 Å². The predicted octanol–water partition coefficient (Wildman–Crippen LogP) is 0.569. The summed E-state index contributed by atoms with van der Waals surface area (Å²) in [6.07, 6.45) is 8.13. The second-order valence-corrected chi connectivity index (χ2v) is 4.77. The minimum Gasteiger partial charge on any atom is -0.480 e. The quantitative estimate of drug-likeness (QED) is 0.815. The second kappa shape index (κ2) is 6.33. The number of amides is 1. The van der Waals surface area contributed by atoms with Crippen molar-refractivity contribution in [3.8, 4) is 11.8 Å². The van der Waals surface area contributed by atoms with Crippen molar-refractivity contribution in [1.29, 1.82) is 0 Å². The summed E-state index contributed by atoms with van der Waals surface area (Å²) < 4.78 is 10.8. The van der Waals surface area contributed by atoms with Crippen LogP contribution in [0.4, 0.5) is 0 Å². The van der Waals surface area contributed by atoms with Crippen LogP contribution < -0.4 is 9.47 Å². The molecule has 0 aliphatic carbocycles. The molecule has 1 atom stereocenters. The second-order valence-electron chi connectivity index (χ2n) is 4.77. The molecule has 8 nitrogen and oxygen atoms in total. The summed E-state index contributed by atoms with van der Waals surface area (Å²) in [7, 11) is 1.52. The molecular formula is C14H15N5O3. The van der Waals surface area contributed by atoms with Crippen molar-refractivity contribution in [1.82, 2.24) is 24.8 Å². The number of likely N-dealkylation sites (tertiary alicyclic amines) is 1. The van der Waals surface area contributed by atoms with Gasteiger partial charge in [0.05, 0.1) is 32.2 Å². The molecule has 0 bridgehead atoms. The molecule has 1 aliphatic heterocycles. The molecule has 1 fully saturated rings. The van der Waals surface area contributed by atoms with E-state index < -0.39 is 0 Å². The van der Waals surface area contributed by atoms with Gasteiger partial charge in [-0.25, -0.2) is 4.98 Å². The third kappa shape index (κ3) is 3.11. The van der Waals surface area contributed by atoms with Crippen LogP contribution in [-0.2, 0) is 0 Å². The highest BCUT2D eigenvalue weighted by Gasteiger charge is 2.29. The van der Waals surface area contributed by atoms with E-state index in [-0.39, 0.29) is 12.0 Å². The lowest BCUT2D eigenvalue weighted by Gasteiger charge is -2.16. The molecule has 114 valence electrons. The van der Waals surface area contributed by atoms with E-state index >= 15 is 0 Å². The maximum absolute atomic E-state index is 12.3. The molecule has 1 saturated heterocycles. The molecule has 0 N–H and O–H groups in total. The Balaban J connectivity index is 1.61. The number of nitrogens with zero attached hydrogens (tertiary/aromatic N) is 5. The monoisotopic (exact) mass is 301 g/mol. The Kier molecular flexibility index (Phi) is 4.08. The molecule has 1 aliphatic rings. The Morgan fingerprint density at radius 2 is 2.09 bits per heavy atom. The van der Waals surface area contributed by atoms with E-state index in [9.17, 15) is 4.79 Å². The highest BCUT2D eigenvalue weighted by atomic mass is 16.5. The molecule has 3 rings (SSSR count). The van der Waals surface area contributed by atoms with Gasteiger partial charge in [0.25, 0.3) is 5.91 Å². The van der Waals surface area contributed by atoms with Gasteiger partial charge in [-0.1, -0.05) is 0 Å². The summed E-state index contributed by atoms with van der Waals surface area (Å²) in [6.45, 7) is 1.09. The highest BCUT2D eigenvalue weighted by molar-refractivity contribution is 5.92. The standard InChI is InChI=1S/C14H15N5O3/c1-21-12-7-16-8-13(18-12)22-10-2-5-19(9-10)14(20)11-6-15-3-4-17-11/h3-4,6-8,10H,2,5,9H2,1H3. The third-order valence-electron chi connectivity index (χ3n) is 3.30. The Labute approximate surface area is 127 Å². The number of methoxy groups -OCH3 is 1. The van der Waals surface area contributed by atoms with Crippen LogP contribution in [-0.4, -0.2) is 57.0 Å². The first-order chi connectivity index (χ1) is 10.8. The molecule has 0 saturated carbocycles. The highest BCUT2D eigenvalue weighted by Crippen LogP contribution is 2.19. The molecule has 22 heavy (non-hydrogen) atoms. The van der Waals surface area contributed by atoms with Gasteiger partial charge in [-0.05, 0) is 0 Å². The zero-order valence-electron chi connectivity index (χ0n) is 12.0. The van der Waals surface area contributed by atoms with Gasteiger partial charge >= 0.3 is 0 Å². The van der Waals surface area contributed by atoms with Crippen molar-refractivity contribution in [3.63, 3.8) is 0 Å². The third-order valence-corrected chi connectivity index (χ3v) is 3.30. The van der Waals surface area contributed by atoms with E-state index in [1.165, 1.54) is 38.1 Å². The predicted molar refractivity (Wildman–Crippen MR) is 75.6 cm³/mol. The van der Waals surface area contributed by atoms with Crippen LogP contribution in [0.15, 0.2) is 31.0 Å². The maximum atomic E-state index is 12.3. The smallest absolute Gasteiger partial charge is 0.274 e. The van der Waals surface area contributed by atoms with Crippen molar-refractivity contribution in [2.75, 3.05) is 20.2 Å². The topological polar surface area (TPSA) is 90.3 Å². The van der Waals surface area contributed by atoms with Gasteiger partial charge in [0.2, 0.25) is 11.8 Å². The van der Waals surface area contributed by atoms with Crippen molar-refractivity contribution >= 4 is 5.91 Å². The largest absolute Gasteiger partial charge is 0.480 e. The molecule has 3 heterocycles. The van der Waals surface area contributed by atoms with E-state index in [1.54, 1.807) is 4.90 Å². The van der Waals surface area contributed by atoms with Crippen LogP contribution in [0.1, 0.15) is 16.9 Å². The summed E-state index contributed by atoms with van der Waals surface area (Å²) in [5, 5.41) is 0. The molecule has 0 aromatic carbocycles. The Bertz CT molecular complexity index is 652. The number of hydrogen-bond donors (Lipinski definition) is 0. The van der Waals surface area contributed by atoms with E-state index in [0.29, 0.717) is 30.5 Å². The van der Waals surface area contributed by atoms with Gasteiger partial charge in [-0.3, -0.25) is 14.8 Å². The van der Waals surface area contributed by atoms with Crippen LogP contribution in [0.2, 0.25) is 0 Å². The van der Waals surface area contributed by atoms with Crippen LogP contribution in [0.5, 0.6) is 11.8 Å². The van der Waals surface area contributed by atoms with Gasteiger partial charge in [0, 0.05) is 25.4 Å². The zero-order chi connectivity index (χ0) is 15.4. The number of rotatable bonds is 4. The van der Waals surface area contributed by atoms with Crippen molar-refractivity contribution in [2.45, 2.75) is 12.5 Å². The van der Waals surface area contributed by atoms with E-state index in [0.717, 1.165) is 6.42 Å². The summed E-state index contributed by atoms with van der Waals surface area (Å²) in [6, 6.07) is 0. The summed E-state index contributed by atoms with van der Waals surface area (Å²) >= 11 is 0. The lowest BCUT2D eigenvalue weighted by molar-refractivity contribution is 0.0764. The lowest BCUT2D eigenvalue weighted by atomic mass is 10.3. The number of carbonyl (C=O) groups is 1. The van der Waals surface area contributed by atoms with Crippen LogP contribution in [0, 0.1) is 0 Å². The average Bonchev–Trinajstić information content (AvgIpc) is 3.03. The summed E-state index contributed by atoms with van der Waals surface area (Å²) in [4.78, 5) is 30.0. The Morgan fingerprint density at radius 3 is 2.86 bits per heavy atom. The van der Waals surface area contributed by atoms with Gasteiger partial charge < -0.3 is 14.4 Å². The van der Waals surface area contributed by atoms with Crippen LogP contribution in [0.3, 0.4) is 0 Å². The first kappa shape index (κ1) is 14.2. The summed E-state index contributed by atoms with van der Waals surface area (Å²) in [5.74, 6) is 0.636. The van der Waals surface area contributed by atoms with Crippen molar-refractivity contribution in [2.24, 2.45) is 0 Å². The van der Waals surface area contributed by atoms with E-state index in [4.69, 9.17) is 9.47 Å². The van der Waals surface area contributed by atoms with E-state index in [1.807, 2.05) is 0 Å². The normalized spacial score (nSPS) is 17.3. The molecule has 1 unspecified atom stereocenters. The number of ether oxygens (including phenoxy) is 2. The molecule has 0 spiro atoms. The average molecular weight is 301 g/mol. The van der Waals surface area contributed by atoms with Gasteiger partial charge in [0.1, 0.15) is 11.8 Å². The fourth-order valence-electron chi connectivity index (χ4n) is 2.24. The van der Waals surface area contributed by atoms with Crippen LogP contribution >= 0.6 is 0 Å². The summed E-state index contributed by atoms with van der Waals surface area (Å²) in [5.41, 5.74) is 0.337. The Morgan fingerprint density at radius 1 is 1.23 bits per heavy atom. The molecule has 8 heteroatoms. The number of aromatic nitrogens is 4. The van der Waals surface area contributed by atoms with E-state index in [2.05, 4.69) is 19.9 Å². The first-order valence-electron chi connectivity index (χ1n) is 6.84. The van der Waals surface area contributed by atoms with Gasteiger partial charge in [-0.15, -0.1) is 0 Å². The minimum absolute atomic E-state index is 0.123. The SMILES string of the molecule is COc1cncc(OC2CCN(C(=O)c3cnccn3)C2)n1. The molecule has 2 aromatic heterocycles. The molecule has 0 radical (unpaired) electrons. The molecular weight excluding hydrogens is 286 g/mol. The fourth-order valence-corrected chi connectivity index (χ4v) is 2.24. The van der Waals surface area contributed by atoms with Crippen molar-refractivity contribution in [3.05, 3.63) is 36.7 Å². The van der Waals surface area contributed by atoms with Crippen molar-refractivity contribution < 1.29 is 14.3 Å². The zero-order valence-corrected chi connectivity index (χ0v) is 12.0. The minimum atomic E-state index is -0.143. The molecule has 2 aromatic rings. The molecule has 1 amide bonds. The Hall–Kier alpha value is -2.77. The maximum Gasteiger partial charge on any atom is 0.274 e. The number of carbonyl (C=O) groups excluding carboxylic acids is 1. The lowest BCUT2D eigenvalue weighted by Crippen LogP contribution is -2.31. The van der Waals surface area contributed by atoms with Gasteiger partial charge in [0.15, 0.2) is 0 Å². The number of hydrogen-bond acceptors (Lipinski definition) is 7. The van der Waals surface area contributed by atoms with Crippen LogP contribution in [0.25, 0.3) is 0 Å².